The zero-order valence-corrected chi connectivity index (χ0v) is 9.61. The van der Waals surface area contributed by atoms with Gasteiger partial charge in [-0.1, -0.05) is 15.9 Å². The Morgan fingerprint density at radius 1 is 0.923 bits per heavy atom. The van der Waals surface area contributed by atoms with Crippen LogP contribution in [0.1, 0.15) is 38.5 Å². The highest BCUT2D eigenvalue weighted by Gasteiger charge is 3.01. The summed E-state index contributed by atoms with van der Waals surface area (Å²) in [5, 5.41) is 0. The monoisotopic (exact) mass is 242 g/mol. The van der Waals surface area contributed by atoms with Crippen LogP contribution in [0.25, 0.3) is 0 Å². The van der Waals surface area contributed by atoms with E-state index in [0.717, 1.165) is 0 Å². The molecule has 13 heavy (non-hydrogen) atoms. The lowest BCUT2D eigenvalue weighted by atomic mass is 10.1. The van der Waals surface area contributed by atoms with Crippen molar-refractivity contribution in [3.05, 3.63) is 0 Å². The van der Waals surface area contributed by atoms with Crippen molar-refractivity contribution < 1.29 is 4.74 Å². The van der Waals surface area contributed by atoms with E-state index in [9.17, 15) is 0 Å². The molecule has 4 aliphatic rings. The Bertz CT molecular complexity index is 279. The SMILES string of the molecule is COC1(C2(Br)CC2)C2(CC2)C12CC2. The van der Waals surface area contributed by atoms with Gasteiger partial charge in [-0.2, -0.15) is 0 Å². The van der Waals surface area contributed by atoms with Crippen LogP contribution in [-0.2, 0) is 4.74 Å². The summed E-state index contributed by atoms with van der Waals surface area (Å²) in [6.07, 6.45) is 8.43. The molecule has 2 heteroatoms. The Balaban J connectivity index is 1.85. The van der Waals surface area contributed by atoms with Crippen LogP contribution in [0.4, 0.5) is 0 Å². The Morgan fingerprint density at radius 3 is 1.62 bits per heavy atom. The highest BCUT2D eigenvalue weighted by atomic mass is 79.9. The van der Waals surface area contributed by atoms with E-state index < -0.39 is 0 Å². The Labute approximate surface area is 87.3 Å². The molecule has 0 unspecified atom stereocenters. The number of alkyl halides is 1. The summed E-state index contributed by atoms with van der Waals surface area (Å²) in [6, 6.07) is 0. The van der Waals surface area contributed by atoms with Gasteiger partial charge in [0.1, 0.15) is 0 Å². The van der Waals surface area contributed by atoms with Gasteiger partial charge in [-0.05, 0) is 38.5 Å². The lowest BCUT2D eigenvalue weighted by Gasteiger charge is -2.22. The largest absolute Gasteiger partial charge is 0.376 e. The third kappa shape index (κ3) is 0.493. The van der Waals surface area contributed by atoms with Crippen LogP contribution >= 0.6 is 15.9 Å². The van der Waals surface area contributed by atoms with Crippen LogP contribution in [-0.4, -0.2) is 17.0 Å². The predicted octanol–water partition coefficient (Wildman–Crippen LogP) is 2.87. The zero-order chi connectivity index (χ0) is 8.95. The number of hydrogen-bond donors (Lipinski definition) is 0. The fourth-order valence-corrected chi connectivity index (χ4v) is 5.73. The third-order valence-corrected chi connectivity index (χ3v) is 6.68. The topological polar surface area (TPSA) is 9.23 Å². The quantitative estimate of drug-likeness (QED) is 0.677. The van der Waals surface area contributed by atoms with E-state index in [-0.39, 0.29) is 5.60 Å². The van der Waals surface area contributed by atoms with Crippen LogP contribution in [0.2, 0.25) is 0 Å². The molecule has 1 nitrogen and oxygen atoms in total. The van der Waals surface area contributed by atoms with Crippen molar-refractivity contribution in [1.29, 1.82) is 0 Å². The molecule has 0 atom stereocenters. The van der Waals surface area contributed by atoms with Gasteiger partial charge in [0, 0.05) is 17.9 Å². The van der Waals surface area contributed by atoms with Crippen molar-refractivity contribution in [3.8, 4) is 0 Å². The summed E-state index contributed by atoms with van der Waals surface area (Å²) in [4.78, 5) is 0. The molecule has 0 radical (unpaired) electrons. The summed E-state index contributed by atoms with van der Waals surface area (Å²) in [6.45, 7) is 0. The average molecular weight is 243 g/mol. The molecule has 0 N–H and O–H groups in total. The number of hydrogen-bond acceptors (Lipinski definition) is 1. The van der Waals surface area contributed by atoms with Crippen LogP contribution in [0.5, 0.6) is 0 Å². The normalized spacial score (nSPS) is 42.0. The highest BCUT2D eigenvalue weighted by Crippen LogP contribution is 2.99. The molecule has 0 aromatic rings. The number of halogens is 1. The molecule has 4 saturated carbocycles. The molecule has 0 amide bonds. The molecular weight excluding hydrogens is 228 g/mol. The maximum absolute atomic E-state index is 5.98. The Hall–Kier alpha value is 0.440. The van der Waals surface area contributed by atoms with Crippen LogP contribution in [0.15, 0.2) is 0 Å². The predicted molar refractivity (Wildman–Crippen MR) is 54.0 cm³/mol. The van der Waals surface area contributed by atoms with Crippen LogP contribution in [0, 0.1) is 10.8 Å². The maximum Gasteiger partial charge on any atom is 0.0955 e. The van der Waals surface area contributed by atoms with Gasteiger partial charge in [0.05, 0.1) is 9.93 Å². The van der Waals surface area contributed by atoms with Crippen molar-refractivity contribution in [2.24, 2.45) is 10.8 Å². The molecular formula is C11H15BrO. The van der Waals surface area contributed by atoms with E-state index in [1.165, 1.54) is 38.5 Å². The second kappa shape index (κ2) is 1.65. The van der Waals surface area contributed by atoms with Crippen LogP contribution < -0.4 is 0 Å². The molecule has 4 rings (SSSR count). The minimum atomic E-state index is 0.271. The van der Waals surface area contributed by atoms with E-state index in [1.807, 2.05) is 7.11 Å². The minimum absolute atomic E-state index is 0.271. The van der Waals surface area contributed by atoms with Crippen molar-refractivity contribution in [2.75, 3.05) is 7.11 Å². The standard InChI is InChI=1S/C11H15BrO/c1-13-11(10(12)6-7-10)8(2-3-8)9(11)4-5-9/h2-7H2,1H3. The minimum Gasteiger partial charge on any atom is -0.376 e. The van der Waals surface area contributed by atoms with Gasteiger partial charge in [-0.15, -0.1) is 0 Å². The molecule has 0 bridgehead atoms. The molecule has 0 aliphatic heterocycles. The smallest absolute Gasteiger partial charge is 0.0955 e. The second-order valence-corrected chi connectivity index (χ2v) is 7.03. The van der Waals surface area contributed by atoms with Gasteiger partial charge in [-0.3, -0.25) is 0 Å². The van der Waals surface area contributed by atoms with E-state index in [2.05, 4.69) is 15.9 Å². The van der Waals surface area contributed by atoms with E-state index in [0.29, 0.717) is 15.2 Å². The second-order valence-electron chi connectivity index (χ2n) is 5.51. The van der Waals surface area contributed by atoms with E-state index >= 15 is 0 Å². The Kier molecular flexibility index (Phi) is 0.975. The van der Waals surface area contributed by atoms with Gasteiger partial charge in [0.15, 0.2) is 0 Å². The van der Waals surface area contributed by atoms with E-state index in [1.54, 1.807) is 0 Å². The summed E-state index contributed by atoms with van der Waals surface area (Å²) < 4.78 is 6.38. The fourth-order valence-electron chi connectivity index (χ4n) is 4.61. The van der Waals surface area contributed by atoms with Crippen LogP contribution in [0.3, 0.4) is 0 Å². The lowest BCUT2D eigenvalue weighted by Crippen LogP contribution is -2.32. The van der Waals surface area contributed by atoms with Gasteiger partial charge < -0.3 is 4.74 Å². The fraction of sp³-hybridized carbons (Fsp3) is 1.00. The number of methoxy groups -OCH3 is 1. The molecule has 0 aromatic heterocycles. The first-order chi connectivity index (χ1) is 6.18. The first-order valence-corrected chi connectivity index (χ1v) is 6.22. The highest BCUT2D eigenvalue weighted by molar-refractivity contribution is 9.10. The third-order valence-electron chi connectivity index (χ3n) is 5.33. The van der Waals surface area contributed by atoms with Gasteiger partial charge in [-0.25, -0.2) is 0 Å². The van der Waals surface area contributed by atoms with E-state index in [4.69, 9.17) is 4.74 Å². The van der Waals surface area contributed by atoms with Gasteiger partial charge in [0.25, 0.3) is 0 Å². The summed E-state index contributed by atoms with van der Waals surface area (Å²) in [5.41, 5.74) is 1.57. The molecule has 4 aliphatic carbocycles. The van der Waals surface area contributed by atoms with Crippen molar-refractivity contribution in [1.82, 2.24) is 0 Å². The molecule has 2 spiro atoms. The van der Waals surface area contributed by atoms with Gasteiger partial charge in [0.2, 0.25) is 0 Å². The molecule has 0 saturated heterocycles. The van der Waals surface area contributed by atoms with Crippen molar-refractivity contribution >= 4 is 15.9 Å². The van der Waals surface area contributed by atoms with Crippen molar-refractivity contribution in [3.63, 3.8) is 0 Å². The number of ether oxygens (including phenoxy) is 1. The van der Waals surface area contributed by atoms with Crippen molar-refractivity contribution in [2.45, 2.75) is 48.5 Å². The Morgan fingerprint density at radius 2 is 1.38 bits per heavy atom. The van der Waals surface area contributed by atoms with Gasteiger partial charge >= 0.3 is 0 Å². The summed E-state index contributed by atoms with van der Waals surface area (Å²) in [7, 11) is 1.94. The average Bonchev–Trinajstić information content (AvgIpc) is 2.95. The zero-order valence-electron chi connectivity index (χ0n) is 8.03. The number of rotatable bonds is 2. The molecule has 0 aromatic carbocycles. The summed E-state index contributed by atoms with van der Waals surface area (Å²) >= 11 is 3.94. The maximum atomic E-state index is 5.98. The lowest BCUT2D eigenvalue weighted by molar-refractivity contribution is 0.0414. The number of fused-ring (bicyclic) bond motifs is 1. The first kappa shape index (κ1) is 7.70. The first-order valence-electron chi connectivity index (χ1n) is 5.42. The summed E-state index contributed by atoms with van der Waals surface area (Å²) in [5.74, 6) is 0. The molecule has 72 valence electrons. The molecule has 4 fully saturated rings. The molecule has 0 heterocycles.